The average Bonchev–Trinajstić information content (AvgIpc) is 2.98. The molecule has 0 aliphatic carbocycles. The van der Waals surface area contributed by atoms with E-state index in [0.29, 0.717) is 6.61 Å². The number of hydrogen-bond acceptors (Lipinski definition) is 4. The van der Waals surface area contributed by atoms with Gasteiger partial charge in [-0.15, -0.1) is 0 Å². The second-order valence-electron chi connectivity index (χ2n) is 6.24. The molecule has 2 aromatic rings. The smallest absolute Gasteiger partial charge is 0.212 e. The number of aromatic nitrogens is 1. The highest BCUT2D eigenvalue weighted by Crippen LogP contribution is 2.37. The molecule has 4 nitrogen and oxygen atoms in total. The summed E-state index contributed by atoms with van der Waals surface area (Å²) in [6, 6.07) is 8.09. The van der Waals surface area contributed by atoms with Gasteiger partial charge in [0.1, 0.15) is 5.52 Å². The third kappa shape index (κ3) is 2.70. The Kier molecular flexibility index (Phi) is 4.00. The van der Waals surface area contributed by atoms with Gasteiger partial charge in [0.05, 0.1) is 6.04 Å². The minimum Gasteiger partial charge on any atom is -0.439 e. The fourth-order valence-corrected chi connectivity index (χ4v) is 3.23. The van der Waals surface area contributed by atoms with Gasteiger partial charge in [-0.1, -0.05) is 19.1 Å². The Labute approximate surface area is 125 Å². The number of rotatable bonds is 4. The minimum absolute atomic E-state index is 0.123. The lowest BCUT2D eigenvalue weighted by atomic mass is 9.77. The van der Waals surface area contributed by atoms with Crippen LogP contribution in [0.25, 0.3) is 11.1 Å². The van der Waals surface area contributed by atoms with Gasteiger partial charge in [0.25, 0.3) is 0 Å². The van der Waals surface area contributed by atoms with Crippen molar-refractivity contribution >= 4 is 11.1 Å². The zero-order chi connectivity index (χ0) is 14.9. The van der Waals surface area contributed by atoms with Crippen LogP contribution in [0, 0.1) is 5.41 Å². The minimum atomic E-state index is 0.123. The number of aliphatic hydroxyl groups excluding tert-OH is 1. The van der Waals surface area contributed by atoms with Crippen LogP contribution in [-0.2, 0) is 0 Å². The van der Waals surface area contributed by atoms with Gasteiger partial charge in [-0.05, 0) is 56.8 Å². The summed E-state index contributed by atoms with van der Waals surface area (Å²) in [4.78, 5) is 7.02. The Hall–Kier alpha value is -1.39. The van der Waals surface area contributed by atoms with E-state index in [-0.39, 0.29) is 11.5 Å². The lowest BCUT2D eigenvalue weighted by molar-refractivity contribution is 0.0229. The molecule has 1 atom stereocenters. The molecule has 0 saturated carbocycles. The molecule has 0 radical (unpaired) electrons. The summed E-state index contributed by atoms with van der Waals surface area (Å²) in [5, 5.41) is 9.63. The van der Waals surface area contributed by atoms with Crippen molar-refractivity contribution in [2.45, 2.75) is 39.2 Å². The maximum atomic E-state index is 9.63. The second kappa shape index (κ2) is 5.78. The fraction of sp³-hybridized carbons (Fsp3) is 0.588. The Balaban J connectivity index is 1.73. The zero-order valence-corrected chi connectivity index (χ0v) is 12.9. The van der Waals surface area contributed by atoms with E-state index in [1.165, 1.54) is 0 Å². The summed E-state index contributed by atoms with van der Waals surface area (Å²) in [6.45, 7) is 6.62. The fourth-order valence-electron chi connectivity index (χ4n) is 3.23. The van der Waals surface area contributed by atoms with Crippen molar-refractivity contribution in [3.05, 3.63) is 30.2 Å². The van der Waals surface area contributed by atoms with E-state index >= 15 is 0 Å². The Morgan fingerprint density at radius 2 is 2.05 bits per heavy atom. The van der Waals surface area contributed by atoms with Gasteiger partial charge in [-0.25, -0.2) is 4.98 Å². The number of para-hydroxylation sites is 2. The molecule has 114 valence electrons. The molecule has 0 spiro atoms. The lowest BCUT2D eigenvalue weighted by Crippen LogP contribution is -2.42. The lowest BCUT2D eigenvalue weighted by Gasteiger charge is -2.41. The van der Waals surface area contributed by atoms with Gasteiger partial charge in [0.15, 0.2) is 5.58 Å². The molecule has 21 heavy (non-hydrogen) atoms. The predicted octanol–water partition coefficient (Wildman–Crippen LogP) is 3.37. The van der Waals surface area contributed by atoms with Crippen molar-refractivity contribution in [2.24, 2.45) is 5.41 Å². The molecule has 0 bridgehead atoms. The van der Waals surface area contributed by atoms with Crippen LogP contribution in [0.15, 0.2) is 28.7 Å². The van der Waals surface area contributed by atoms with E-state index < -0.39 is 0 Å². The highest BCUT2D eigenvalue weighted by Gasteiger charge is 2.34. The van der Waals surface area contributed by atoms with E-state index in [1.807, 2.05) is 24.3 Å². The summed E-state index contributed by atoms with van der Waals surface area (Å²) < 4.78 is 5.89. The standard InChI is InChI=1S/C17H24N2O2/c1-3-17(12-20)8-10-19(11-9-17)13(2)16-18-14-6-4-5-7-15(14)21-16/h4-7,13,20H,3,8-12H2,1-2H3. The first-order valence-corrected chi connectivity index (χ1v) is 7.88. The first kappa shape index (κ1) is 14.5. The molecule has 1 saturated heterocycles. The van der Waals surface area contributed by atoms with Crippen molar-refractivity contribution in [3.63, 3.8) is 0 Å². The molecular weight excluding hydrogens is 264 g/mol. The monoisotopic (exact) mass is 288 g/mol. The predicted molar refractivity (Wildman–Crippen MR) is 83.0 cm³/mol. The van der Waals surface area contributed by atoms with E-state index in [2.05, 4.69) is 23.7 Å². The Morgan fingerprint density at radius 3 is 2.67 bits per heavy atom. The molecular formula is C17H24N2O2. The number of benzene rings is 1. The van der Waals surface area contributed by atoms with Crippen molar-refractivity contribution in [1.29, 1.82) is 0 Å². The first-order valence-electron chi connectivity index (χ1n) is 7.88. The third-order valence-corrected chi connectivity index (χ3v) is 5.16. The molecule has 1 unspecified atom stereocenters. The van der Waals surface area contributed by atoms with Crippen molar-refractivity contribution in [3.8, 4) is 0 Å². The summed E-state index contributed by atoms with van der Waals surface area (Å²) in [5.41, 5.74) is 1.90. The Morgan fingerprint density at radius 1 is 1.33 bits per heavy atom. The zero-order valence-electron chi connectivity index (χ0n) is 12.9. The topological polar surface area (TPSA) is 49.5 Å². The van der Waals surface area contributed by atoms with Crippen LogP contribution in [0.3, 0.4) is 0 Å². The summed E-state index contributed by atoms with van der Waals surface area (Å²) in [6.07, 6.45) is 3.14. The number of fused-ring (bicyclic) bond motifs is 1. The van der Waals surface area contributed by atoms with Gasteiger partial charge in [-0.2, -0.15) is 0 Å². The van der Waals surface area contributed by atoms with Gasteiger partial charge in [-0.3, -0.25) is 4.90 Å². The molecule has 1 aliphatic rings. The second-order valence-corrected chi connectivity index (χ2v) is 6.24. The van der Waals surface area contributed by atoms with Crippen molar-refractivity contribution in [1.82, 2.24) is 9.88 Å². The molecule has 0 amide bonds. The number of oxazole rings is 1. The highest BCUT2D eigenvalue weighted by atomic mass is 16.3. The van der Waals surface area contributed by atoms with Crippen LogP contribution in [0.2, 0.25) is 0 Å². The molecule has 3 rings (SSSR count). The number of hydrogen-bond donors (Lipinski definition) is 1. The summed E-state index contributed by atoms with van der Waals surface area (Å²) >= 11 is 0. The molecule has 1 aliphatic heterocycles. The van der Waals surface area contributed by atoms with E-state index in [1.54, 1.807) is 0 Å². The van der Waals surface area contributed by atoms with Gasteiger partial charge < -0.3 is 9.52 Å². The van der Waals surface area contributed by atoms with Crippen LogP contribution in [-0.4, -0.2) is 34.7 Å². The molecule has 1 N–H and O–H groups in total. The third-order valence-electron chi connectivity index (χ3n) is 5.16. The van der Waals surface area contributed by atoms with Crippen LogP contribution in [0.5, 0.6) is 0 Å². The number of piperidine rings is 1. The number of nitrogens with zero attached hydrogens (tertiary/aromatic N) is 2. The van der Waals surface area contributed by atoms with Gasteiger partial charge >= 0.3 is 0 Å². The maximum Gasteiger partial charge on any atom is 0.212 e. The molecule has 2 heterocycles. The van der Waals surface area contributed by atoms with Gasteiger partial charge in [0, 0.05) is 6.61 Å². The quantitative estimate of drug-likeness (QED) is 0.937. The Bertz CT molecular complexity index is 561. The molecule has 1 fully saturated rings. The average molecular weight is 288 g/mol. The van der Waals surface area contributed by atoms with E-state index in [4.69, 9.17) is 4.42 Å². The van der Waals surface area contributed by atoms with Crippen LogP contribution in [0.4, 0.5) is 0 Å². The molecule has 1 aromatic heterocycles. The molecule has 4 heteroatoms. The number of aliphatic hydroxyl groups is 1. The largest absolute Gasteiger partial charge is 0.439 e. The normalized spacial score (nSPS) is 20.7. The van der Waals surface area contributed by atoms with Crippen LogP contribution in [0.1, 0.15) is 45.0 Å². The summed E-state index contributed by atoms with van der Waals surface area (Å²) in [5.74, 6) is 0.796. The summed E-state index contributed by atoms with van der Waals surface area (Å²) in [7, 11) is 0. The maximum absolute atomic E-state index is 9.63. The van der Waals surface area contributed by atoms with Crippen LogP contribution < -0.4 is 0 Å². The highest BCUT2D eigenvalue weighted by molar-refractivity contribution is 5.72. The SMILES string of the molecule is CCC1(CO)CCN(C(C)c2nc3ccccc3o2)CC1. The van der Waals surface area contributed by atoms with Crippen LogP contribution >= 0.6 is 0 Å². The van der Waals surface area contributed by atoms with Gasteiger partial charge in [0.2, 0.25) is 5.89 Å². The van der Waals surface area contributed by atoms with Crippen molar-refractivity contribution < 1.29 is 9.52 Å². The molecule has 1 aromatic carbocycles. The number of likely N-dealkylation sites (tertiary alicyclic amines) is 1. The van der Waals surface area contributed by atoms with E-state index in [9.17, 15) is 5.11 Å². The first-order chi connectivity index (χ1) is 10.2. The van der Waals surface area contributed by atoms with E-state index in [0.717, 1.165) is 49.3 Å². The van der Waals surface area contributed by atoms with Crippen molar-refractivity contribution in [2.75, 3.05) is 19.7 Å².